The van der Waals surface area contributed by atoms with Crippen LogP contribution in [0.2, 0.25) is 5.15 Å². The molecule has 1 saturated heterocycles. The molecule has 18 heavy (non-hydrogen) atoms. The molecule has 2 unspecified atom stereocenters. The first-order valence-electron chi connectivity index (χ1n) is 7.14. The van der Waals surface area contributed by atoms with E-state index < -0.39 is 0 Å². The summed E-state index contributed by atoms with van der Waals surface area (Å²) in [6, 6.07) is 4.08. The standard InChI is InChI=1S/C15H21ClN2/c16-15-9-12(5-7-17-15)10-18-8-6-13-3-1-2-4-14(13)11-18/h5,7,9,13-14H,1-4,6,8,10-11H2. The topological polar surface area (TPSA) is 16.1 Å². The van der Waals surface area contributed by atoms with Crippen molar-refractivity contribution in [2.45, 2.75) is 38.6 Å². The summed E-state index contributed by atoms with van der Waals surface area (Å²) in [7, 11) is 0. The molecule has 0 bridgehead atoms. The number of piperidine rings is 1. The van der Waals surface area contributed by atoms with Crippen LogP contribution in [0.1, 0.15) is 37.7 Å². The van der Waals surface area contributed by atoms with Gasteiger partial charge < -0.3 is 0 Å². The van der Waals surface area contributed by atoms with Gasteiger partial charge in [-0.2, -0.15) is 0 Å². The molecule has 2 heterocycles. The van der Waals surface area contributed by atoms with E-state index in [-0.39, 0.29) is 0 Å². The smallest absolute Gasteiger partial charge is 0.129 e. The van der Waals surface area contributed by atoms with Gasteiger partial charge >= 0.3 is 0 Å². The monoisotopic (exact) mass is 264 g/mol. The predicted octanol–water partition coefficient (Wildman–Crippen LogP) is 3.75. The average molecular weight is 265 g/mol. The van der Waals surface area contributed by atoms with E-state index in [1.165, 1.54) is 50.8 Å². The number of fused-ring (bicyclic) bond motifs is 1. The number of hydrogen-bond acceptors (Lipinski definition) is 2. The molecular weight excluding hydrogens is 244 g/mol. The molecule has 1 aliphatic carbocycles. The Bertz CT molecular complexity index is 407. The summed E-state index contributed by atoms with van der Waals surface area (Å²) in [6.07, 6.45) is 9.02. The molecular formula is C15H21ClN2. The largest absolute Gasteiger partial charge is 0.299 e. The highest BCUT2D eigenvalue weighted by molar-refractivity contribution is 6.29. The van der Waals surface area contributed by atoms with Crippen LogP contribution in [-0.2, 0) is 6.54 Å². The second kappa shape index (κ2) is 5.58. The molecule has 3 rings (SSSR count). The average Bonchev–Trinajstić information content (AvgIpc) is 2.39. The van der Waals surface area contributed by atoms with Crippen LogP contribution in [0.25, 0.3) is 0 Å². The van der Waals surface area contributed by atoms with Crippen LogP contribution in [0.15, 0.2) is 18.3 Å². The molecule has 98 valence electrons. The molecule has 3 heteroatoms. The highest BCUT2D eigenvalue weighted by atomic mass is 35.5. The third kappa shape index (κ3) is 2.86. The van der Waals surface area contributed by atoms with Gasteiger partial charge in [-0.3, -0.25) is 4.90 Å². The Balaban J connectivity index is 1.61. The lowest BCUT2D eigenvalue weighted by atomic mass is 9.75. The Kier molecular flexibility index (Phi) is 3.86. The van der Waals surface area contributed by atoms with E-state index in [4.69, 9.17) is 11.6 Å². The number of pyridine rings is 1. The Morgan fingerprint density at radius 1 is 1.22 bits per heavy atom. The Morgan fingerprint density at radius 3 is 2.89 bits per heavy atom. The minimum atomic E-state index is 0.611. The first kappa shape index (κ1) is 12.4. The number of aromatic nitrogens is 1. The fraction of sp³-hybridized carbons (Fsp3) is 0.667. The SMILES string of the molecule is Clc1cc(CN2CCC3CCCCC3C2)ccn1. The van der Waals surface area contributed by atoms with Crippen LogP contribution >= 0.6 is 11.6 Å². The Labute approximate surface area is 114 Å². The normalized spacial score (nSPS) is 28.9. The first-order chi connectivity index (χ1) is 8.81. The fourth-order valence-electron chi connectivity index (χ4n) is 3.62. The zero-order valence-electron chi connectivity index (χ0n) is 10.8. The van der Waals surface area contributed by atoms with Crippen molar-refractivity contribution in [1.82, 2.24) is 9.88 Å². The van der Waals surface area contributed by atoms with Gasteiger partial charge in [-0.15, -0.1) is 0 Å². The van der Waals surface area contributed by atoms with Crippen molar-refractivity contribution in [3.05, 3.63) is 29.0 Å². The van der Waals surface area contributed by atoms with E-state index in [2.05, 4.69) is 16.0 Å². The van der Waals surface area contributed by atoms with Crippen molar-refractivity contribution in [3.63, 3.8) is 0 Å². The van der Waals surface area contributed by atoms with Crippen molar-refractivity contribution < 1.29 is 0 Å². The summed E-state index contributed by atoms with van der Waals surface area (Å²) in [6.45, 7) is 3.57. The van der Waals surface area contributed by atoms with Gasteiger partial charge in [0.2, 0.25) is 0 Å². The maximum Gasteiger partial charge on any atom is 0.129 e. The third-order valence-electron chi connectivity index (χ3n) is 4.57. The lowest BCUT2D eigenvalue weighted by Gasteiger charge is -2.41. The summed E-state index contributed by atoms with van der Waals surface area (Å²) in [4.78, 5) is 6.64. The maximum absolute atomic E-state index is 5.94. The van der Waals surface area contributed by atoms with Gasteiger partial charge in [0, 0.05) is 19.3 Å². The molecule has 0 spiro atoms. The molecule has 1 saturated carbocycles. The number of nitrogens with zero attached hydrogens (tertiary/aromatic N) is 2. The fourth-order valence-corrected chi connectivity index (χ4v) is 3.82. The van der Waals surface area contributed by atoms with Crippen molar-refractivity contribution in [1.29, 1.82) is 0 Å². The molecule has 1 aromatic heterocycles. The van der Waals surface area contributed by atoms with E-state index in [1.54, 1.807) is 0 Å². The predicted molar refractivity (Wildman–Crippen MR) is 74.6 cm³/mol. The molecule has 0 radical (unpaired) electrons. The van der Waals surface area contributed by atoms with Gasteiger partial charge in [-0.1, -0.05) is 30.9 Å². The molecule has 0 aromatic carbocycles. The third-order valence-corrected chi connectivity index (χ3v) is 4.78. The summed E-state index contributed by atoms with van der Waals surface area (Å²) < 4.78 is 0. The summed E-state index contributed by atoms with van der Waals surface area (Å²) in [5, 5.41) is 0.611. The molecule has 2 aliphatic rings. The quantitative estimate of drug-likeness (QED) is 0.757. The second-order valence-electron chi connectivity index (χ2n) is 5.82. The van der Waals surface area contributed by atoms with Crippen LogP contribution in [0.5, 0.6) is 0 Å². The molecule has 0 N–H and O–H groups in total. The number of hydrogen-bond donors (Lipinski definition) is 0. The summed E-state index contributed by atoms with van der Waals surface area (Å²) in [5.41, 5.74) is 1.30. The van der Waals surface area contributed by atoms with E-state index in [0.717, 1.165) is 18.4 Å². The number of likely N-dealkylation sites (tertiary alicyclic amines) is 1. The minimum Gasteiger partial charge on any atom is -0.299 e. The van der Waals surface area contributed by atoms with Crippen LogP contribution in [-0.4, -0.2) is 23.0 Å². The zero-order valence-corrected chi connectivity index (χ0v) is 11.6. The lowest BCUT2D eigenvalue weighted by molar-refractivity contribution is 0.0820. The van der Waals surface area contributed by atoms with E-state index in [9.17, 15) is 0 Å². The molecule has 2 nitrogen and oxygen atoms in total. The van der Waals surface area contributed by atoms with Gasteiger partial charge in [0.1, 0.15) is 5.15 Å². The van der Waals surface area contributed by atoms with Crippen molar-refractivity contribution >= 4 is 11.6 Å². The van der Waals surface area contributed by atoms with Gasteiger partial charge in [0.25, 0.3) is 0 Å². The van der Waals surface area contributed by atoms with Crippen LogP contribution < -0.4 is 0 Å². The van der Waals surface area contributed by atoms with E-state index in [0.29, 0.717) is 5.15 Å². The Hall–Kier alpha value is -0.600. The maximum atomic E-state index is 5.94. The van der Waals surface area contributed by atoms with E-state index >= 15 is 0 Å². The van der Waals surface area contributed by atoms with Crippen molar-refractivity contribution in [2.24, 2.45) is 11.8 Å². The summed E-state index contributed by atoms with van der Waals surface area (Å²) >= 11 is 5.94. The molecule has 2 fully saturated rings. The van der Waals surface area contributed by atoms with Gasteiger partial charge in [0.15, 0.2) is 0 Å². The zero-order chi connectivity index (χ0) is 12.4. The van der Waals surface area contributed by atoms with Crippen LogP contribution in [0.4, 0.5) is 0 Å². The molecule has 1 aromatic rings. The van der Waals surface area contributed by atoms with Crippen molar-refractivity contribution in [3.8, 4) is 0 Å². The number of rotatable bonds is 2. The minimum absolute atomic E-state index is 0.611. The lowest BCUT2D eigenvalue weighted by Crippen LogP contribution is -2.41. The van der Waals surface area contributed by atoms with Gasteiger partial charge in [0.05, 0.1) is 0 Å². The van der Waals surface area contributed by atoms with Gasteiger partial charge in [-0.05, 0) is 48.9 Å². The molecule has 1 aliphatic heterocycles. The van der Waals surface area contributed by atoms with E-state index in [1.807, 2.05) is 12.3 Å². The van der Waals surface area contributed by atoms with Crippen LogP contribution in [0, 0.1) is 11.8 Å². The highest BCUT2D eigenvalue weighted by Crippen LogP contribution is 2.36. The summed E-state index contributed by atoms with van der Waals surface area (Å²) in [5.74, 6) is 1.96. The molecule has 0 amide bonds. The highest BCUT2D eigenvalue weighted by Gasteiger charge is 2.30. The Morgan fingerprint density at radius 2 is 2.06 bits per heavy atom. The van der Waals surface area contributed by atoms with Gasteiger partial charge in [-0.25, -0.2) is 4.98 Å². The van der Waals surface area contributed by atoms with Crippen molar-refractivity contribution in [2.75, 3.05) is 13.1 Å². The molecule has 2 atom stereocenters. The second-order valence-corrected chi connectivity index (χ2v) is 6.20. The van der Waals surface area contributed by atoms with Crippen LogP contribution in [0.3, 0.4) is 0 Å². The first-order valence-corrected chi connectivity index (χ1v) is 7.52. The number of halogens is 1.